The number of nitrogens with zero attached hydrogens (tertiary/aromatic N) is 13. The highest BCUT2D eigenvalue weighted by Crippen LogP contribution is 2.45. The lowest BCUT2D eigenvalue weighted by atomic mass is 9.73. The van der Waals surface area contributed by atoms with Crippen LogP contribution in [0.25, 0.3) is 0 Å². The van der Waals surface area contributed by atoms with E-state index in [9.17, 15) is 71.9 Å². The van der Waals surface area contributed by atoms with E-state index in [4.69, 9.17) is 55.7 Å². The van der Waals surface area contributed by atoms with E-state index in [1.54, 1.807) is 158 Å². The van der Waals surface area contributed by atoms with Gasteiger partial charge in [0.1, 0.15) is 127 Å². The molecule has 45 nitrogen and oxygen atoms in total. The number of nitrogens with one attached hydrogen (secondary N) is 13. The number of fused-ring (bicyclic) bond motifs is 10. The lowest BCUT2D eigenvalue weighted by molar-refractivity contribution is -0.120. The highest BCUT2D eigenvalue weighted by molar-refractivity contribution is 6.45. The summed E-state index contributed by atoms with van der Waals surface area (Å²) in [5, 5.41) is 36.9. The maximum absolute atomic E-state index is 13.3. The van der Waals surface area contributed by atoms with Crippen molar-refractivity contribution in [2.75, 3.05) is 100 Å². The van der Waals surface area contributed by atoms with Crippen LogP contribution in [0.5, 0.6) is 0 Å². The van der Waals surface area contributed by atoms with Gasteiger partial charge in [-0.05, 0) is 223 Å². The number of hydrogen-bond donors (Lipinski definition) is 15. The van der Waals surface area contributed by atoms with Gasteiger partial charge in [0, 0.05) is 81.6 Å². The SMILES string of the molecule is CC(C)(C)OC(=O)N1CCCC2(C1)NC(=O)C1=CC=C(Cl)C(=O)C12.CC(C)(C)OC(=O)N1CCCC2(C1)NC(=O)c1ccc(Nc3ccncn3)c(=O)n12.NC(=O)c1ccc(Cl)c(=O)[nH]1.Nc1ccncn1.O=C1CCCNC1.O=C1NC2(CCCNC2)C2C(=O)C(Cl)=CC=C12.O=C1NC2(CCCNC2)n2c1ccc(Nc1ccncn1)c2=O.O=C1NC2(CCCNC2)n2c1ccc(Nc1ccncn1)c2=O. The second-order valence-electron chi connectivity index (χ2n) is 37.2. The molecule has 748 valence electrons. The largest absolute Gasteiger partial charge is 0.444 e. The molecule has 8 fully saturated rings. The van der Waals surface area contributed by atoms with Gasteiger partial charge in [-0.3, -0.25) is 76.0 Å². The Morgan fingerprint density at radius 2 is 0.838 bits per heavy atom. The van der Waals surface area contributed by atoms with Crippen LogP contribution in [0.4, 0.5) is 49.9 Å². The molecule has 7 atom stereocenters. The van der Waals surface area contributed by atoms with E-state index in [2.05, 4.69) is 109 Å². The van der Waals surface area contributed by atoms with Crippen molar-refractivity contribution in [3.05, 3.63) is 238 Å². The quantitative estimate of drug-likeness (QED) is 0.101. The molecule has 13 aliphatic rings. The van der Waals surface area contributed by atoms with E-state index in [0.717, 1.165) is 77.5 Å². The smallest absolute Gasteiger partial charge is 0.410 e. The molecule has 19 heterocycles. The molecule has 2 aliphatic carbocycles. The predicted molar refractivity (Wildman–Crippen MR) is 522 cm³/mol. The summed E-state index contributed by atoms with van der Waals surface area (Å²) in [7, 11) is 0. The zero-order valence-electron chi connectivity index (χ0n) is 78.5. The Morgan fingerprint density at radius 1 is 0.437 bits per heavy atom. The monoisotopic (exact) mass is 2010 g/mol. The van der Waals surface area contributed by atoms with Gasteiger partial charge in [-0.25, -0.2) is 49.5 Å². The summed E-state index contributed by atoms with van der Waals surface area (Å²) in [5.74, 6) is -0.903. The van der Waals surface area contributed by atoms with Crippen molar-refractivity contribution in [1.82, 2.24) is 116 Å². The maximum Gasteiger partial charge on any atom is 0.410 e. The number of allylic oxidation sites excluding steroid dienone is 6. The minimum atomic E-state index is -1.01. The fraction of sp³-hybridized carbons (Fsp3) is 0.415. The second kappa shape index (κ2) is 44.0. The van der Waals surface area contributed by atoms with Crippen molar-refractivity contribution in [3.63, 3.8) is 0 Å². The van der Waals surface area contributed by atoms with Gasteiger partial charge < -0.3 is 99.5 Å². The zero-order chi connectivity index (χ0) is 102. The Labute approximate surface area is 827 Å². The van der Waals surface area contributed by atoms with E-state index < -0.39 is 74.8 Å². The van der Waals surface area contributed by atoms with Crippen LogP contribution >= 0.6 is 34.8 Å². The molecular weight excluding hydrogens is 1900 g/mol. The number of aromatic nitrogens is 12. The number of halogens is 3. The first-order chi connectivity index (χ1) is 67.7. The van der Waals surface area contributed by atoms with Gasteiger partial charge in [-0.1, -0.05) is 47.0 Å². The zero-order valence-corrected chi connectivity index (χ0v) is 80.8. The first-order valence-electron chi connectivity index (χ1n) is 46.0. The number of aromatic amines is 1. The van der Waals surface area contributed by atoms with Crippen molar-refractivity contribution in [1.29, 1.82) is 0 Å². The van der Waals surface area contributed by atoms with E-state index in [1.165, 1.54) is 54.2 Å². The fourth-order valence-corrected chi connectivity index (χ4v) is 19.1. The number of hydrogen-bond acceptors (Lipinski definition) is 33. The Bertz CT molecular complexity index is 6400. The van der Waals surface area contributed by atoms with Gasteiger partial charge in [-0.2, -0.15) is 0 Å². The number of primary amides is 1. The molecule has 21 rings (SSSR count). The van der Waals surface area contributed by atoms with Gasteiger partial charge in [0.05, 0.1) is 46.1 Å². The molecule has 5 spiro atoms. The molecule has 8 amide bonds. The minimum Gasteiger partial charge on any atom is -0.444 e. The van der Waals surface area contributed by atoms with Crippen LogP contribution in [-0.2, 0) is 50.4 Å². The van der Waals surface area contributed by atoms with Crippen LogP contribution < -0.4 is 97.5 Å². The van der Waals surface area contributed by atoms with Crippen LogP contribution in [0.3, 0.4) is 0 Å². The Morgan fingerprint density at radius 3 is 1.21 bits per heavy atom. The van der Waals surface area contributed by atoms with E-state index in [-0.39, 0.29) is 103 Å². The number of carbonyl (C=O) groups excluding carboxylic acids is 11. The number of ketones is 3. The molecule has 8 aromatic heterocycles. The standard InChI is InChI=1S/C20H24N6O4.C17H21ClN2O4.2C15H16N6O2.C12H13ClN2O2.C6H5ClN2O2.C5H9NO.C4H5N3/c1-19(2,3)30-18(29)25-10-4-8-20(11-25)24-16(27)14-6-5-13(17(28)26(14)20)23-15-7-9-21-12-22-15;1-16(2,3)24-15(23)20-8-4-7-17(9-20)12-10(14(22)19-17)5-6-11(18)13(12)21;2*22-13-11-3-2-10(19-12-4-7-17-9-18-12)14(23)21(11)15(20-13)5-1-6-16-8-15;13-8-3-2-7-9(10(8)16)12(15-11(7)17)4-1-5-14-6-12;7-3-1-2-4(5(8)10)9-6(3)11;7-5-2-1-3-6-4-5;5-4-1-2-6-3-7-4/h5-7,9,12H,4,8,10-11H2,1-3H3,(H,24,27)(H,21,22,23);5-6,12H,4,7-9H2,1-3H3,(H,19,22);2*2-4,7,9,16H,1,5-6,8H2,(H,20,22)(H,17,18,19);2-3,9,14H,1,4-6H2,(H,15,17);1-2H,(H2,8,10)(H,9,11);6H,1-4H2;1-3H,(H2,5,6,7). The Hall–Kier alpha value is -14.6. The van der Waals surface area contributed by atoms with E-state index >= 15 is 0 Å². The van der Waals surface area contributed by atoms with Crippen LogP contribution in [-0.4, -0.2) is 234 Å². The van der Waals surface area contributed by atoms with Crippen LogP contribution in [0.1, 0.15) is 161 Å². The number of amides is 8. The van der Waals surface area contributed by atoms with Crippen molar-refractivity contribution in [3.8, 4) is 0 Å². The summed E-state index contributed by atoms with van der Waals surface area (Å²) in [6.45, 7) is 18.3. The highest BCUT2D eigenvalue weighted by atomic mass is 35.5. The van der Waals surface area contributed by atoms with Crippen molar-refractivity contribution in [2.24, 2.45) is 17.6 Å². The number of nitrogens with two attached hydrogens (primary N) is 2. The van der Waals surface area contributed by atoms with Gasteiger partial charge in [0.15, 0.2) is 11.6 Å². The first-order valence-corrected chi connectivity index (χ1v) is 47.1. The number of pyridine rings is 4. The molecule has 0 aromatic carbocycles. The Balaban J connectivity index is 0.000000133. The average Bonchev–Trinajstić information content (AvgIpc) is 1.63. The number of anilines is 7. The third-order valence-electron chi connectivity index (χ3n) is 24.9. The molecule has 48 heteroatoms. The summed E-state index contributed by atoms with van der Waals surface area (Å²) >= 11 is 17.3. The molecular formula is C94H109Cl3N28O17. The summed E-state index contributed by atoms with van der Waals surface area (Å²) in [6, 6.07) is 19.0. The molecule has 17 N–H and O–H groups in total. The number of likely N-dealkylation sites (tertiary alicyclic amines) is 2. The van der Waals surface area contributed by atoms with Crippen LogP contribution in [0.2, 0.25) is 5.02 Å². The summed E-state index contributed by atoms with van der Waals surface area (Å²) in [4.78, 5) is 218. The van der Waals surface area contributed by atoms with Gasteiger partial charge in [0.25, 0.3) is 45.9 Å². The van der Waals surface area contributed by atoms with Crippen molar-refractivity contribution in [2.45, 2.75) is 158 Å². The minimum absolute atomic E-state index is 0.0370. The lowest BCUT2D eigenvalue weighted by Gasteiger charge is -2.43. The van der Waals surface area contributed by atoms with Crippen LogP contribution in [0.15, 0.2) is 188 Å². The highest BCUT2D eigenvalue weighted by Gasteiger charge is 2.58. The molecule has 142 heavy (non-hydrogen) atoms. The average molecular weight is 2010 g/mol. The number of ether oxygens (including phenoxy) is 2. The lowest BCUT2D eigenvalue weighted by Crippen LogP contribution is -2.60. The number of H-pyrrole nitrogens is 1. The van der Waals surface area contributed by atoms with Crippen molar-refractivity contribution >= 4 is 140 Å². The molecule has 8 aromatic rings. The number of Topliss-reactive ketones (excluding diaryl/α,β-unsaturated/α-hetero) is 3. The fourth-order valence-electron chi connectivity index (χ4n) is 18.7. The van der Waals surface area contributed by atoms with Gasteiger partial charge in [0.2, 0.25) is 11.8 Å². The normalized spacial score (nSPS) is 23.4. The summed E-state index contributed by atoms with van der Waals surface area (Å²) < 4.78 is 15.5. The van der Waals surface area contributed by atoms with Gasteiger partial charge >= 0.3 is 12.2 Å². The maximum atomic E-state index is 13.3. The molecule has 11 aliphatic heterocycles. The van der Waals surface area contributed by atoms with Gasteiger partial charge in [-0.15, -0.1) is 0 Å². The third-order valence-corrected chi connectivity index (χ3v) is 25.8. The van der Waals surface area contributed by atoms with E-state index in [0.29, 0.717) is 128 Å². The molecule has 7 unspecified atom stereocenters. The summed E-state index contributed by atoms with van der Waals surface area (Å²) in [5.41, 5.74) is 7.02. The Kier molecular flexibility index (Phi) is 32.0. The molecule has 8 saturated heterocycles. The first kappa shape index (κ1) is 103. The number of nitrogen functional groups attached to an aromatic ring is 1. The molecule has 0 saturated carbocycles. The topological polar surface area (TPSA) is 611 Å². The van der Waals surface area contributed by atoms with Crippen LogP contribution in [0, 0.1) is 11.8 Å². The number of piperidine rings is 6. The number of carbonyl (C=O) groups is 11. The second-order valence-corrected chi connectivity index (χ2v) is 38.5. The molecule has 0 bridgehead atoms. The number of rotatable bonds is 7. The molecule has 0 radical (unpaired) electrons. The van der Waals surface area contributed by atoms with Crippen molar-refractivity contribution < 1.29 is 62.2 Å². The van der Waals surface area contributed by atoms with E-state index in [1.807, 2.05) is 0 Å². The summed E-state index contributed by atoms with van der Waals surface area (Å²) in [6.07, 6.45) is 26.6. The predicted octanol–water partition coefficient (Wildman–Crippen LogP) is 4.88. The third kappa shape index (κ3) is 23.6.